The molecule has 1 unspecified atom stereocenters. The molecule has 6 nitrogen and oxygen atoms in total. The summed E-state index contributed by atoms with van der Waals surface area (Å²) in [6, 6.07) is 18.1. The number of hydrogen-bond acceptors (Lipinski definition) is 5. The summed E-state index contributed by atoms with van der Waals surface area (Å²) in [6.45, 7) is 3.97. The minimum absolute atomic E-state index is 0.0946. The predicted molar refractivity (Wildman–Crippen MR) is 96.4 cm³/mol. The van der Waals surface area contributed by atoms with Crippen LogP contribution in [0.2, 0.25) is 0 Å². The fourth-order valence-corrected chi connectivity index (χ4v) is 2.85. The highest BCUT2D eigenvalue weighted by molar-refractivity contribution is 5.47. The predicted octanol–water partition coefficient (Wildman–Crippen LogP) is 3.34. The van der Waals surface area contributed by atoms with Crippen LogP contribution in [0.15, 0.2) is 60.8 Å². The van der Waals surface area contributed by atoms with Crippen LogP contribution >= 0.6 is 0 Å². The second kappa shape index (κ2) is 6.32. The third kappa shape index (κ3) is 3.06. The van der Waals surface area contributed by atoms with Gasteiger partial charge in [0.25, 0.3) is 0 Å². The van der Waals surface area contributed by atoms with Crippen molar-refractivity contribution in [1.29, 1.82) is 0 Å². The average Bonchev–Trinajstić information content (AvgIpc) is 3.01. The van der Waals surface area contributed by atoms with Gasteiger partial charge < -0.3 is 5.32 Å². The molecule has 0 aliphatic rings. The molecule has 1 aromatic carbocycles. The SMILES string of the molecule is Cc1cccc(C(Nc2ccc3nnc(C)n3n2)c2ccccn2)c1. The molecule has 0 bridgehead atoms. The van der Waals surface area contributed by atoms with Crippen LogP contribution in [0.4, 0.5) is 5.82 Å². The molecule has 3 heterocycles. The number of benzene rings is 1. The van der Waals surface area contributed by atoms with E-state index in [-0.39, 0.29) is 6.04 Å². The van der Waals surface area contributed by atoms with Crippen LogP contribution in [0.25, 0.3) is 5.65 Å². The van der Waals surface area contributed by atoms with Gasteiger partial charge in [0.15, 0.2) is 11.5 Å². The van der Waals surface area contributed by atoms with Gasteiger partial charge >= 0.3 is 0 Å². The Labute approximate surface area is 145 Å². The van der Waals surface area contributed by atoms with Crippen molar-refractivity contribution in [2.45, 2.75) is 19.9 Å². The van der Waals surface area contributed by atoms with Crippen molar-refractivity contribution in [3.63, 3.8) is 0 Å². The quantitative estimate of drug-likeness (QED) is 0.621. The topological polar surface area (TPSA) is 68.0 Å². The summed E-state index contributed by atoms with van der Waals surface area (Å²) in [5, 5.41) is 16.2. The first-order valence-corrected chi connectivity index (χ1v) is 8.14. The number of nitrogens with one attached hydrogen (secondary N) is 1. The Morgan fingerprint density at radius 2 is 1.88 bits per heavy atom. The third-order valence-electron chi connectivity index (χ3n) is 4.07. The minimum Gasteiger partial charge on any atom is -0.356 e. The van der Waals surface area contributed by atoms with Crippen LogP contribution in [0.1, 0.15) is 28.7 Å². The zero-order valence-corrected chi connectivity index (χ0v) is 14.1. The molecule has 0 aliphatic carbocycles. The van der Waals surface area contributed by atoms with Crippen molar-refractivity contribution in [3.05, 3.63) is 83.4 Å². The molecule has 0 aliphatic heterocycles. The van der Waals surface area contributed by atoms with E-state index in [0.717, 1.165) is 28.5 Å². The maximum Gasteiger partial charge on any atom is 0.178 e. The third-order valence-corrected chi connectivity index (χ3v) is 4.07. The highest BCUT2D eigenvalue weighted by Gasteiger charge is 2.16. The lowest BCUT2D eigenvalue weighted by Gasteiger charge is -2.20. The van der Waals surface area contributed by atoms with Crippen molar-refractivity contribution < 1.29 is 0 Å². The number of aromatic nitrogens is 5. The largest absolute Gasteiger partial charge is 0.356 e. The highest BCUT2D eigenvalue weighted by Crippen LogP contribution is 2.25. The van der Waals surface area contributed by atoms with E-state index in [2.05, 4.69) is 56.8 Å². The molecule has 3 aromatic heterocycles. The zero-order valence-electron chi connectivity index (χ0n) is 14.1. The highest BCUT2D eigenvalue weighted by atomic mass is 15.4. The molecule has 0 radical (unpaired) electrons. The summed E-state index contributed by atoms with van der Waals surface area (Å²) < 4.78 is 1.73. The average molecular weight is 330 g/mol. The van der Waals surface area contributed by atoms with Gasteiger partial charge in [-0.1, -0.05) is 35.9 Å². The molecule has 0 spiro atoms. The Hall–Kier alpha value is -3.28. The molecule has 4 rings (SSSR count). The molecule has 1 atom stereocenters. The maximum atomic E-state index is 4.60. The van der Waals surface area contributed by atoms with E-state index in [0.29, 0.717) is 0 Å². The number of hydrogen-bond donors (Lipinski definition) is 1. The van der Waals surface area contributed by atoms with Crippen LogP contribution in [0.5, 0.6) is 0 Å². The lowest BCUT2D eigenvalue weighted by Crippen LogP contribution is -2.15. The van der Waals surface area contributed by atoms with Gasteiger partial charge in [0, 0.05) is 6.20 Å². The van der Waals surface area contributed by atoms with Gasteiger partial charge in [0.2, 0.25) is 0 Å². The summed E-state index contributed by atoms with van der Waals surface area (Å²) in [6.07, 6.45) is 1.81. The van der Waals surface area contributed by atoms with Gasteiger partial charge in [-0.3, -0.25) is 4.98 Å². The van der Waals surface area contributed by atoms with Crippen molar-refractivity contribution in [1.82, 2.24) is 24.8 Å². The van der Waals surface area contributed by atoms with E-state index >= 15 is 0 Å². The first-order valence-electron chi connectivity index (χ1n) is 8.14. The molecule has 124 valence electrons. The lowest BCUT2D eigenvalue weighted by molar-refractivity contribution is 0.833. The minimum atomic E-state index is -0.0946. The Kier molecular flexibility index (Phi) is 3.85. The van der Waals surface area contributed by atoms with Crippen molar-refractivity contribution in [2.24, 2.45) is 0 Å². The van der Waals surface area contributed by atoms with Gasteiger partial charge in [-0.05, 0) is 43.7 Å². The number of rotatable bonds is 4. The van der Waals surface area contributed by atoms with Crippen LogP contribution in [-0.2, 0) is 0 Å². The lowest BCUT2D eigenvalue weighted by atomic mass is 10.0. The fourth-order valence-electron chi connectivity index (χ4n) is 2.85. The van der Waals surface area contributed by atoms with E-state index in [9.17, 15) is 0 Å². The van der Waals surface area contributed by atoms with Crippen molar-refractivity contribution in [3.8, 4) is 0 Å². The summed E-state index contributed by atoms with van der Waals surface area (Å²) in [5.41, 5.74) is 4.02. The van der Waals surface area contributed by atoms with E-state index in [4.69, 9.17) is 0 Å². The second-order valence-corrected chi connectivity index (χ2v) is 5.98. The number of nitrogens with zero attached hydrogens (tertiary/aromatic N) is 5. The molecular formula is C19H18N6. The van der Waals surface area contributed by atoms with E-state index in [1.165, 1.54) is 5.56 Å². The Morgan fingerprint density at radius 3 is 2.68 bits per heavy atom. The van der Waals surface area contributed by atoms with Crippen LogP contribution in [-0.4, -0.2) is 24.8 Å². The van der Waals surface area contributed by atoms with Crippen molar-refractivity contribution in [2.75, 3.05) is 5.32 Å². The van der Waals surface area contributed by atoms with Gasteiger partial charge in [-0.25, -0.2) is 0 Å². The van der Waals surface area contributed by atoms with E-state index < -0.39 is 0 Å². The molecule has 1 N–H and O–H groups in total. The molecule has 4 aromatic rings. The number of pyridine rings is 1. The summed E-state index contributed by atoms with van der Waals surface area (Å²) in [4.78, 5) is 4.53. The molecule has 0 saturated heterocycles. The summed E-state index contributed by atoms with van der Waals surface area (Å²) >= 11 is 0. The van der Waals surface area contributed by atoms with Crippen LogP contribution in [0, 0.1) is 13.8 Å². The van der Waals surface area contributed by atoms with Gasteiger partial charge in [0.05, 0.1) is 11.7 Å². The maximum absolute atomic E-state index is 4.60. The van der Waals surface area contributed by atoms with Gasteiger partial charge in [-0.2, -0.15) is 4.52 Å². The Morgan fingerprint density at radius 1 is 0.960 bits per heavy atom. The summed E-state index contributed by atoms with van der Waals surface area (Å²) in [7, 11) is 0. The van der Waals surface area contributed by atoms with Crippen molar-refractivity contribution >= 4 is 11.5 Å². The van der Waals surface area contributed by atoms with Crippen LogP contribution < -0.4 is 5.32 Å². The molecule has 25 heavy (non-hydrogen) atoms. The first kappa shape index (κ1) is 15.3. The molecule has 0 amide bonds. The Balaban J connectivity index is 1.76. The number of anilines is 1. The first-order chi connectivity index (χ1) is 12.2. The number of aryl methyl sites for hydroxylation is 2. The normalized spacial score (nSPS) is 12.2. The molecular weight excluding hydrogens is 312 g/mol. The fraction of sp³-hybridized carbons (Fsp3) is 0.158. The monoisotopic (exact) mass is 330 g/mol. The second-order valence-electron chi connectivity index (χ2n) is 5.98. The molecule has 6 heteroatoms. The van der Waals surface area contributed by atoms with Gasteiger partial charge in [-0.15, -0.1) is 15.3 Å². The number of fused-ring (bicyclic) bond motifs is 1. The molecule has 0 fully saturated rings. The summed E-state index contributed by atoms with van der Waals surface area (Å²) in [5.74, 6) is 1.50. The smallest absolute Gasteiger partial charge is 0.178 e. The van der Waals surface area contributed by atoms with Gasteiger partial charge in [0.1, 0.15) is 5.82 Å². The van der Waals surface area contributed by atoms with Crippen LogP contribution in [0.3, 0.4) is 0 Å². The Bertz CT molecular complexity index is 1010. The van der Waals surface area contributed by atoms with E-state index in [1.807, 2.05) is 37.3 Å². The molecule has 0 saturated carbocycles. The standard InChI is InChI=1S/C19H18N6/c1-13-6-5-7-15(12-13)19(16-8-3-4-11-20-16)21-17-9-10-18-23-22-14(2)25(18)24-17/h3-12,19H,1-2H3,(H,21,24). The van der Waals surface area contributed by atoms with E-state index in [1.54, 1.807) is 10.7 Å². The zero-order chi connectivity index (χ0) is 17.2.